The summed E-state index contributed by atoms with van der Waals surface area (Å²) in [6.45, 7) is 1.82. The standard InChI is InChI=1S/C18H18FNO2/c1-11(13-3-2-4-15(21)9-13)18(22)20-17-10-16(17)12-5-7-14(19)8-6-12/h2-9,11,16-17,21H,10H2,1H3,(H,20,22)/t11?,16-,17+/m0/s1. The Kier molecular flexibility index (Phi) is 3.84. The normalized spacial score (nSPS) is 21.2. The van der Waals surface area contributed by atoms with Gasteiger partial charge in [0.05, 0.1) is 5.92 Å². The van der Waals surface area contributed by atoms with Crippen LogP contribution < -0.4 is 5.32 Å². The van der Waals surface area contributed by atoms with Gasteiger partial charge in [-0.05, 0) is 48.7 Å². The van der Waals surface area contributed by atoms with Gasteiger partial charge in [-0.2, -0.15) is 0 Å². The first-order valence-corrected chi connectivity index (χ1v) is 7.39. The molecule has 0 radical (unpaired) electrons. The Morgan fingerprint density at radius 3 is 2.68 bits per heavy atom. The number of amides is 1. The predicted octanol–water partition coefficient (Wildman–Crippen LogP) is 3.31. The summed E-state index contributed by atoms with van der Waals surface area (Å²) >= 11 is 0. The second-order valence-electron chi connectivity index (χ2n) is 5.83. The largest absolute Gasteiger partial charge is 0.508 e. The Labute approximate surface area is 128 Å². The highest BCUT2D eigenvalue weighted by atomic mass is 19.1. The van der Waals surface area contributed by atoms with Gasteiger partial charge in [0.2, 0.25) is 5.91 Å². The Morgan fingerprint density at radius 2 is 2.00 bits per heavy atom. The third-order valence-electron chi connectivity index (χ3n) is 4.18. The predicted molar refractivity (Wildman–Crippen MR) is 82.2 cm³/mol. The van der Waals surface area contributed by atoms with Gasteiger partial charge in [-0.15, -0.1) is 0 Å². The first-order chi connectivity index (χ1) is 10.5. The molecule has 2 aromatic rings. The summed E-state index contributed by atoms with van der Waals surface area (Å²) in [7, 11) is 0. The summed E-state index contributed by atoms with van der Waals surface area (Å²) in [5.74, 6) is -0.196. The monoisotopic (exact) mass is 299 g/mol. The second-order valence-corrected chi connectivity index (χ2v) is 5.83. The molecule has 1 saturated carbocycles. The average Bonchev–Trinajstić information content (AvgIpc) is 3.26. The molecule has 0 heterocycles. The van der Waals surface area contributed by atoms with Crippen LogP contribution in [0.4, 0.5) is 4.39 Å². The van der Waals surface area contributed by atoms with Gasteiger partial charge in [0, 0.05) is 12.0 Å². The quantitative estimate of drug-likeness (QED) is 0.910. The van der Waals surface area contributed by atoms with Crippen molar-refractivity contribution in [3.63, 3.8) is 0 Å². The number of hydrogen-bond donors (Lipinski definition) is 2. The van der Waals surface area contributed by atoms with Crippen LogP contribution in [0.2, 0.25) is 0 Å². The molecular weight excluding hydrogens is 281 g/mol. The first kappa shape index (κ1) is 14.6. The molecule has 22 heavy (non-hydrogen) atoms. The van der Waals surface area contributed by atoms with Crippen LogP contribution in [-0.2, 0) is 4.79 Å². The summed E-state index contributed by atoms with van der Waals surface area (Å²) < 4.78 is 12.9. The number of rotatable bonds is 4. The third kappa shape index (κ3) is 3.11. The van der Waals surface area contributed by atoms with Crippen molar-refractivity contribution in [2.75, 3.05) is 0 Å². The Hall–Kier alpha value is -2.36. The van der Waals surface area contributed by atoms with Crippen LogP contribution in [0.3, 0.4) is 0 Å². The molecule has 3 nitrogen and oxygen atoms in total. The molecule has 114 valence electrons. The summed E-state index contributed by atoms with van der Waals surface area (Å²) in [5, 5.41) is 12.5. The Morgan fingerprint density at radius 1 is 1.27 bits per heavy atom. The fourth-order valence-corrected chi connectivity index (χ4v) is 2.69. The van der Waals surface area contributed by atoms with E-state index in [0.29, 0.717) is 0 Å². The number of carbonyl (C=O) groups is 1. The number of carbonyl (C=O) groups excluding carboxylic acids is 1. The van der Waals surface area contributed by atoms with Gasteiger partial charge in [-0.3, -0.25) is 4.79 Å². The molecule has 1 unspecified atom stereocenters. The highest BCUT2D eigenvalue weighted by Gasteiger charge is 2.40. The molecular formula is C18H18FNO2. The Balaban J connectivity index is 1.60. The van der Waals surface area contributed by atoms with Crippen molar-refractivity contribution in [3.05, 3.63) is 65.5 Å². The number of phenols is 1. The van der Waals surface area contributed by atoms with Crippen molar-refractivity contribution < 1.29 is 14.3 Å². The van der Waals surface area contributed by atoms with Crippen molar-refractivity contribution in [1.82, 2.24) is 5.32 Å². The minimum absolute atomic E-state index is 0.0554. The van der Waals surface area contributed by atoms with E-state index in [2.05, 4.69) is 5.32 Å². The molecule has 2 N–H and O–H groups in total. The minimum Gasteiger partial charge on any atom is -0.508 e. The molecule has 1 amide bonds. The zero-order valence-corrected chi connectivity index (χ0v) is 12.3. The lowest BCUT2D eigenvalue weighted by Gasteiger charge is -2.13. The molecule has 0 aliphatic heterocycles. The van der Waals surface area contributed by atoms with E-state index in [1.807, 2.05) is 13.0 Å². The van der Waals surface area contributed by atoms with Crippen LogP contribution in [-0.4, -0.2) is 17.1 Å². The lowest BCUT2D eigenvalue weighted by molar-refractivity contribution is -0.122. The van der Waals surface area contributed by atoms with Crippen LogP contribution in [0.5, 0.6) is 5.75 Å². The number of aromatic hydroxyl groups is 1. The molecule has 0 aromatic heterocycles. The van der Waals surface area contributed by atoms with E-state index in [1.165, 1.54) is 12.1 Å². The molecule has 1 aliphatic rings. The van der Waals surface area contributed by atoms with Crippen LogP contribution in [0, 0.1) is 5.82 Å². The number of phenolic OH excluding ortho intramolecular Hbond substituents is 1. The number of halogens is 1. The smallest absolute Gasteiger partial charge is 0.227 e. The zero-order valence-electron chi connectivity index (χ0n) is 12.3. The number of nitrogens with one attached hydrogen (secondary N) is 1. The van der Waals surface area contributed by atoms with Crippen LogP contribution in [0.25, 0.3) is 0 Å². The molecule has 3 atom stereocenters. The maximum Gasteiger partial charge on any atom is 0.227 e. The molecule has 1 fully saturated rings. The van der Waals surface area contributed by atoms with E-state index in [0.717, 1.165) is 17.5 Å². The average molecular weight is 299 g/mol. The van der Waals surface area contributed by atoms with E-state index in [9.17, 15) is 14.3 Å². The second kappa shape index (κ2) is 5.79. The molecule has 0 saturated heterocycles. The van der Waals surface area contributed by atoms with E-state index in [1.54, 1.807) is 30.3 Å². The summed E-state index contributed by atoms with van der Waals surface area (Å²) in [5.41, 5.74) is 1.84. The van der Waals surface area contributed by atoms with Gasteiger partial charge in [0.25, 0.3) is 0 Å². The topological polar surface area (TPSA) is 49.3 Å². The lowest BCUT2D eigenvalue weighted by atomic mass is 10.00. The fraction of sp³-hybridized carbons (Fsp3) is 0.278. The van der Waals surface area contributed by atoms with Crippen LogP contribution in [0.15, 0.2) is 48.5 Å². The minimum atomic E-state index is -0.318. The molecule has 2 aromatic carbocycles. The SMILES string of the molecule is CC(C(=O)N[C@@H]1C[C@H]1c1ccc(F)cc1)c1cccc(O)c1. The molecule has 0 spiro atoms. The number of benzene rings is 2. The van der Waals surface area contributed by atoms with Gasteiger partial charge in [-0.1, -0.05) is 24.3 Å². The zero-order chi connectivity index (χ0) is 15.7. The maximum absolute atomic E-state index is 12.9. The van der Waals surface area contributed by atoms with Crippen molar-refractivity contribution in [2.24, 2.45) is 0 Å². The number of hydrogen-bond acceptors (Lipinski definition) is 2. The van der Waals surface area contributed by atoms with E-state index in [-0.39, 0.29) is 35.4 Å². The molecule has 0 bridgehead atoms. The van der Waals surface area contributed by atoms with Crippen LogP contribution in [0.1, 0.15) is 36.3 Å². The fourth-order valence-electron chi connectivity index (χ4n) is 2.69. The van der Waals surface area contributed by atoms with Gasteiger partial charge in [0.15, 0.2) is 0 Å². The highest BCUT2D eigenvalue weighted by Crippen LogP contribution is 2.41. The van der Waals surface area contributed by atoms with Gasteiger partial charge >= 0.3 is 0 Å². The van der Waals surface area contributed by atoms with Crippen molar-refractivity contribution in [2.45, 2.75) is 31.2 Å². The third-order valence-corrected chi connectivity index (χ3v) is 4.18. The van der Waals surface area contributed by atoms with Gasteiger partial charge < -0.3 is 10.4 Å². The van der Waals surface area contributed by atoms with Crippen molar-refractivity contribution >= 4 is 5.91 Å². The van der Waals surface area contributed by atoms with Crippen molar-refractivity contribution in [3.8, 4) is 5.75 Å². The van der Waals surface area contributed by atoms with E-state index < -0.39 is 0 Å². The van der Waals surface area contributed by atoms with Crippen LogP contribution >= 0.6 is 0 Å². The molecule has 4 heteroatoms. The maximum atomic E-state index is 12.9. The van der Waals surface area contributed by atoms with E-state index >= 15 is 0 Å². The highest BCUT2D eigenvalue weighted by molar-refractivity contribution is 5.84. The summed E-state index contributed by atoms with van der Waals surface area (Å²) in [6.07, 6.45) is 0.879. The van der Waals surface area contributed by atoms with Crippen molar-refractivity contribution in [1.29, 1.82) is 0 Å². The Bertz CT molecular complexity index is 684. The summed E-state index contributed by atoms with van der Waals surface area (Å²) in [4.78, 5) is 12.3. The first-order valence-electron chi connectivity index (χ1n) is 7.39. The van der Waals surface area contributed by atoms with Gasteiger partial charge in [-0.25, -0.2) is 4.39 Å². The van der Waals surface area contributed by atoms with E-state index in [4.69, 9.17) is 0 Å². The molecule has 3 rings (SSSR count). The van der Waals surface area contributed by atoms with Gasteiger partial charge in [0.1, 0.15) is 11.6 Å². The lowest BCUT2D eigenvalue weighted by Crippen LogP contribution is -2.30. The molecule has 1 aliphatic carbocycles. The summed E-state index contributed by atoms with van der Waals surface area (Å²) in [6, 6.07) is 13.3.